The molecule has 0 spiro atoms. The van der Waals surface area contributed by atoms with Gasteiger partial charge in [-0.1, -0.05) is 15.9 Å². The highest BCUT2D eigenvalue weighted by Crippen LogP contribution is 2.32. The van der Waals surface area contributed by atoms with Crippen LogP contribution in [-0.2, 0) is 13.1 Å². The smallest absolute Gasteiger partial charge is 0.191 e. The van der Waals surface area contributed by atoms with E-state index in [1.54, 1.807) is 13.4 Å². The van der Waals surface area contributed by atoms with Gasteiger partial charge in [0.05, 0.1) is 6.54 Å². The van der Waals surface area contributed by atoms with Crippen LogP contribution >= 0.6 is 51.7 Å². The van der Waals surface area contributed by atoms with Gasteiger partial charge in [-0.3, -0.25) is 4.99 Å². The normalized spacial score (nSPS) is 11.8. The summed E-state index contributed by atoms with van der Waals surface area (Å²) < 4.78 is 3.12. The first kappa shape index (κ1) is 23.2. The van der Waals surface area contributed by atoms with Crippen molar-refractivity contribution in [3.05, 3.63) is 40.9 Å². The van der Waals surface area contributed by atoms with Crippen molar-refractivity contribution in [1.82, 2.24) is 25.4 Å². The first-order valence-corrected chi connectivity index (χ1v) is 9.80. The third-order valence-electron chi connectivity index (χ3n) is 3.56. The van der Waals surface area contributed by atoms with Gasteiger partial charge in [-0.2, -0.15) is 0 Å². The summed E-state index contributed by atoms with van der Waals surface area (Å²) in [6.45, 7) is 8.73. The van der Waals surface area contributed by atoms with Gasteiger partial charge < -0.3 is 15.2 Å². The molecule has 0 saturated heterocycles. The maximum absolute atomic E-state index is 4.29. The van der Waals surface area contributed by atoms with Gasteiger partial charge >= 0.3 is 0 Å². The monoisotopic (exact) mass is 552 g/mol. The molecule has 0 aliphatic rings. The SMILES string of the molecule is CCn1cnnc1CNC(=NC)NCC(C)(C)Sc1ccc(Br)cc1.I. The van der Waals surface area contributed by atoms with Gasteiger partial charge in [0.1, 0.15) is 6.33 Å². The van der Waals surface area contributed by atoms with Gasteiger partial charge in [0.2, 0.25) is 0 Å². The van der Waals surface area contributed by atoms with E-state index in [4.69, 9.17) is 0 Å². The van der Waals surface area contributed by atoms with E-state index < -0.39 is 0 Å². The number of rotatable bonds is 7. The Morgan fingerprint density at radius 2 is 1.96 bits per heavy atom. The van der Waals surface area contributed by atoms with E-state index >= 15 is 0 Å². The van der Waals surface area contributed by atoms with Crippen LogP contribution in [0.2, 0.25) is 0 Å². The van der Waals surface area contributed by atoms with Crippen LogP contribution < -0.4 is 10.6 Å². The molecule has 144 valence electrons. The van der Waals surface area contributed by atoms with Crippen molar-refractivity contribution in [2.24, 2.45) is 4.99 Å². The molecule has 9 heteroatoms. The zero-order valence-corrected chi connectivity index (χ0v) is 20.2. The predicted molar refractivity (Wildman–Crippen MR) is 123 cm³/mol. The largest absolute Gasteiger partial charge is 0.355 e. The number of hydrogen-bond donors (Lipinski definition) is 2. The van der Waals surface area contributed by atoms with Crippen LogP contribution in [0.4, 0.5) is 0 Å². The van der Waals surface area contributed by atoms with E-state index in [0.29, 0.717) is 6.54 Å². The van der Waals surface area contributed by atoms with Crippen molar-refractivity contribution in [3.8, 4) is 0 Å². The number of aliphatic imine (C=N–C) groups is 1. The molecule has 26 heavy (non-hydrogen) atoms. The Labute approximate surface area is 185 Å². The number of guanidine groups is 1. The molecule has 6 nitrogen and oxygen atoms in total. The predicted octanol–water partition coefficient (Wildman–Crippen LogP) is 3.91. The van der Waals surface area contributed by atoms with E-state index in [-0.39, 0.29) is 28.7 Å². The Morgan fingerprint density at radius 1 is 1.27 bits per heavy atom. The molecule has 0 aliphatic heterocycles. The molecule has 1 aromatic carbocycles. The summed E-state index contributed by atoms with van der Waals surface area (Å²) in [5, 5.41) is 14.7. The van der Waals surface area contributed by atoms with Crippen molar-refractivity contribution in [2.45, 2.75) is 43.5 Å². The van der Waals surface area contributed by atoms with E-state index in [1.165, 1.54) is 4.90 Å². The highest BCUT2D eigenvalue weighted by Gasteiger charge is 2.20. The zero-order chi connectivity index (χ0) is 18.3. The molecule has 0 atom stereocenters. The summed E-state index contributed by atoms with van der Waals surface area (Å²) >= 11 is 5.31. The number of aryl methyl sites for hydroxylation is 1. The lowest BCUT2D eigenvalue weighted by Crippen LogP contribution is -2.43. The molecule has 2 N–H and O–H groups in total. The second kappa shape index (κ2) is 11.1. The van der Waals surface area contributed by atoms with Crippen LogP contribution in [-0.4, -0.2) is 39.1 Å². The lowest BCUT2D eigenvalue weighted by atomic mass is 10.2. The first-order chi connectivity index (χ1) is 11.9. The Kier molecular flexibility index (Phi) is 9.94. The molecule has 1 aromatic heterocycles. The Bertz CT molecular complexity index is 702. The van der Waals surface area contributed by atoms with Gasteiger partial charge in [0.15, 0.2) is 11.8 Å². The molecule has 0 unspecified atom stereocenters. The quantitative estimate of drug-likeness (QED) is 0.236. The van der Waals surface area contributed by atoms with Crippen LogP contribution in [0.3, 0.4) is 0 Å². The molecular formula is C17H26BrIN6S. The zero-order valence-electron chi connectivity index (χ0n) is 15.5. The number of aromatic nitrogens is 3. The van der Waals surface area contributed by atoms with Crippen molar-refractivity contribution < 1.29 is 0 Å². The molecule has 0 amide bonds. The number of nitrogens with zero attached hydrogens (tertiary/aromatic N) is 4. The van der Waals surface area contributed by atoms with Crippen molar-refractivity contribution in [3.63, 3.8) is 0 Å². The lowest BCUT2D eigenvalue weighted by molar-refractivity contribution is 0.644. The molecule has 0 saturated carbocycles. The lowest BCUT2D eigenvalue weighted by Gasteiger charge is -2.25. The molecule has 0 fully saturated rings. The molecule has 0 aliphatic carbocycles. The molecule has 2 rings (SSSR count). The van der Waals surface area contributed by atoms with E-state index in [1.807, 2.05) is 16.3 Å². The minimum absolute atomic E-state index is 0. The Balaban J connectivity index is 0.00000338. The van der Waals surface area contributed by atoms with E-state index in [9.17, 15) is 0 Å². The minimum atomic E-state index is 0. The van der Waals surface area contributed by atoms with Crippen molar-refractivity contribution in [1.29, 1.82) is 0 Å². The van der Waals surface area contributed by atoms with E-state index in [2.05, 4.69) is 86.8 Å². The maximum Gasteiger partial charge on any atom is 0.191 e. The fraction of sp³-hybridized carbons (Fsp3) is 0.471. The molecule has 1 heterocycles. The summed E-state index contributed by atoms with van der Waals surface area (Å²) in [6, 6.07) is 8.38. The van der Waals surface area contributed by atoms with Crippen LogP contribution in [0.5, 0.6) is 0 Å². The highest BCUT2D eigenvalue weighted by molar-refractivity contribution is 14.0. The first-order valence-electron chi connectivity index (χ1n) is 8.19. The second-order valence-electron chi connectivity index (χ2n) is 6.13. The summed E-state index contributed by atoms with van der Waals surface area (Å²) in [7, 11) is 1.77. The van der Waals surface area contributed by atoms with Gasteiger partial charge in [-0.15, -0.1) is 45.9 Å². The van der Waals surface area contributed by atoms with Crippen LogP contribution in [0.25, 0.3) is 0 Å². The summed E-state index contributed by atoms with van der Waals surface area (Å²) in [5.74, 6) is 1.66. The van der Waals surface area contributed by atoms with Gasteiger partial charge in [-0.25, -0.2) is 0 Å². The topological polar surface area (TPSA) is 67.1 Å². The molecule has 0 bridgehead atoms. The van der Waals surface area contributed by atoms with Crippen molar-refractivity contribution >= 4 is 57.6 Å². The average molecular weight is 553 g/mol. The number of halogens is 2. The Morgan fingerprint density at radius 3 is 2.58 bits per heavy atom. The third kappa shape index (κ3) is 7.43. The van der Waals surface area contributed by atoms with Gasteiger partial charge in [-0.05, 0) is 45.0 Å². The molecule has 2 aromatic rings. The van der Waals surface area contributed by atoms with Crippen LogP contribution in [0.15, 0.2) is 45.0 Å². The molecule has 0 radical (unpaired) electrons. The van der Waals surface area contributed by atoms with Gasteiger partial charge in [0, 0.05) is 34.3 Å². The minimum Gasteiger partial charge on any atom is -0.355 e. The molecular weight excluding hydrogens is 527 g/mol. The highest BCUT2D eigenvalue weighted by atomic mass is 127. The maximum atomic E-state index is 4.29. The third-order valence-corrected chi connectivity index (χ3v) is 5.30. The van der Waals surface area contributed by atoms with Crippen LogP contribution in [0, 0.1) is 0 Å². The number of thioether (sulfide) groups is 1. The number of nitrogens with one attached hydrogen (secondary N) is 2. The number of benzene rings is 1. The Hall–Kier alpha value is -0.810. The fourth-order valence-electron chi connectivity index (χ4n) is 2.22. The van der Waals surface area contributed by atoms with Crippen LogP contribution in [0.1, 0.15) is 26.6 Å². The number of hydrogen-bond acceptors (Lipinski definition) is 4. The van der Waals surface area contributed by atoms with E-state index in [0.717, 1.165) is 29.3 Å². The second-order valence-corrected chi connectivity index (χ2v) is 8.82. The fourth-order valence-corrected chi connectivity index (χ4v) is 3.54. The van der Waals surface area contributed by atoms with Gasteiger partial charge in [0.25, 0.3) is 0 Å². The summed E-state index contributed by atoms with van der Waals surface area (Å²) in [4.78, 5) is 5.53. The van der Waals surface area contributed by atoms with Crippen molar-refractivity contribution in [2.75, 3.05) is 13.6 Å². The summed E-state index contributed by atoms with van der Waals surface area (Å²) in [6.07, 6.45) is 1.74. The summed E-state index contributed by atoms with van der Waals surface area (Å²) in [5.41, 5.74) is 0. The average Bonchev–Trinajstić information content (AvgIpc) is 3.04. The standard InChI is InChI=1S/C17H25BrN6S.HI/c1-5-24-12-22-23-15(24)10-20-16(19-4)21-11-17(2,3)25-14-8-6-13(18)7-9-14;/h6-9,12H,5,10-11H2,1-4H3,(H2,19,20,21);1H.